The van der Waals surface area contributed by atoms with Crippen molar-refractivity contribution >= 4 is 22.9 Å². The fourth-order valence-electron chi connectivity index (χ4n) is 0.790. The molecule has 0 fully saturated rings. The molecule has 1 aromatic heterocycles. The fourth-order valence-corrected chi connectivity index (χ4v) is 1.74. The Morgan fingerprint density at radius 2 is 2.42 bits per heavy atom. The number of rotatable bonds is 5. The number of hydrogen-bond acceptors (Lipinski definition) is 4. The first-order valence-corrected chi connectivity index (χ1v) is 4.98. The van der Waals surface area contributed by atoms with Crippen molar-refractivity contribution in [3.05, 3.63) is 15.5 Å². The molecule has 3 nitrogen and oxygen atoms in total. The number of nitrogens with zero attached hydrogens (tertiary/aromatic N) is 1. The van der Waals surface area contributed by atoms with Gasteiger partial charge >= 0.3 is 0 Å². The summed E-state index contributed by atoms with van der Waals surface area (Å²) in [4.78, 5) is 5.12. The predicted molar refractivity (Wildman–Crippen MR) is 52.8 cm³/mol. The molecule has 1 rings (SSSR count). The van der Waals surface area contributed by atoms with Crippen LogP contribution in [0.4, 0.5) is 0 Å². The van der Waals surface area contributed by atoms with Gasteiger partial charge in [-0.25, -0.2) is 4.98 Å². The first-order valence-electron chi connectivity index (χ1n) is 3.78. The smallest absolute Gasteiger partial charge is 0.183 e. The van der Waals surface area contributed by atoms with E-state index < -0.39 is 0 Å². The van der Waals surface area contributed by atoms with Gasteiger partial charge in [-0.2, -0.15) is 0 Å². The maximum atomic E-state index is 5.67. The molecule has 0 aliphatic carbocycles. The lowest BCUT2D eigenvalue weighted by Crippen LogP contribution is -2.24. The van der Waals surface area contributed by atoms with E-state index in [1.165, 1.54) is 16.2 Å². The largest absolute Gasteiger partial charge is 0.318 e. The molecule has 0 aliphatic heterocycles. The fraction of sp³-hybridized carbons (Fsp3) is 0.571. The first kappa shape index (κ1) is 9.92. The predicted octanol–water partition coefficient (Wildman–Crippen LogP) is 1.11. The second-order valence-electron chi connectivity index (χ2n) is 2.36. The highest BCUT2D eigenvalue weighted by Gasteiger charge is 1.97. The maximum Gasteiger partial charge on any atom is 0.183 e. The molecule has 5 heteroatoms. The van der Waals surface area contributed by atoms with E-state index in [-0.39, 0.29) is 0 Å². The molecule has 0 spiro atoms. The van der Waals surface area contributed by atoms with E-state index in [4.69, 9.17) is 11.6 Å². The number of hydrogen-bond donors (Lipinski definition) is 2. The average Bonchev–Trinajstić information content (AvgIpc) is 2.45. The van der Waals surface area contributed by atoms with Crippen LogP contribution >= 0.6 is 22.9 Å². The molecule has 12 heavy (non-hydrogen) atoms. The zero-order valence-electron chi connectivity index (χ0n) is 6.93. The first-order chi connectivity index (χ1) is 5.83. The van der Waals surface area contributed by atoms with E-state index in [9.17, 15) is 0 Å². The third-order valence-corrected chi connectivity index (χ3v) is 2.49. The molecule has 0 bridgehead atoms. The van der Waals surface area contributed by atoms with Crippen LogP contribution in [-0.4, -0.2) is 25.1 Å². The minimum atomic E-state index is 0.611. The number of likely N-dealkylation sites (N-methyl/N-ethyl adjacent to an activating group) is 1. The van der Waals surface area contributed by atoms with E-state index in [0.717, 1.165) is 19.6 Å². The van der Waals surface area contributed by atoms with Gasteiger partial charge in [0.25, 0.3) is 0 Å². The minimum Gasteiger partial charge on any atom is -0.318 e. The van der Waals surface area contributed by atoms with Crippen molar-refractivity contribution < 1.29 is 0 Å². The molecule has 0 amide bonds. The summed E-state index contributed by atoms with van der Waals surface area (Å²) in [5.74, 6) is 0. The summed E-state index contributed by atoms with van der Waals surface area (Å²) in [6, 6.07) is 0. The van der Waals surface area contributed by atoms with Crippen LogP contribution in [0.25, 0.3) is 0 Å². The minimum absolute atomic E-state index is 0.611. The molecular weight excluding hydrogens is 194 g/mol. The Balaban J connectivity index is 2.15. The zero-order chi connectivity index (χ0) is 8.81. The van der Waals surface area contributed by atoms with Crippen molar-refractivity contribution in [2.75, 3.05) is 20.1 Å². The lowest BCUT2D eigenvalue weighted by Gasteiger charge is -2.00. The van der Waals surface area contributed by atoms with E-state index in [2.05, 4.69) is 15.6 Å². The number of halogens is 1. The van der Waals surface area contributed by atoms with Crippen molar-refractivity contribution in [1.82, 2.24) is 15.6 Å². The summed E-state index contributed by atoms with van der Waals surface area (Å²) in [5, 5.41) is 6.32. The van der Waals surface area contributed by atoms with Gasteiger partial charge in [0.1, 0.15) is 0 Å². The third-order valence-electron chi connectivity index (χ3n) is 1.38. The van der Waals surface area contributed by atoms with Gasteiger partial charge in [0.15, 0.2) is 4.47 Å². The Kier molecular flexibility index (Phi) is 4.53. The summed E-state index contributed by atoms with van der Waals surface area (Å²) in [5.41, 5.74) is 0. The van der Waals surface area contributed by atoms with Crippen LogP contribution in [0.2, 0.25) is 4.47 Å². The van der Waals surface area contributed by atoms with Crippen molar-refractivity contribution in [1.29, 1.82) is 0 Å². The summed E-state index contributed by atoms with van der Waals surface area (Å²) in [6.45, 7) is 2.80. The molecular formula is C7H12ClN3S. The van der Waals surface area contributed by atoms with E-state index in [1.54, 1.807) is 6.20 Å². The maximum absolute atomic E-state index is 5.67. The highest BCUT2D eigenvalue weighted by molar-refractivity contribution is 7.15. The topological polar surface area (TPSA) is 37.0 Å². The van der Waals surface area contributed by atoms with E-state index in [1.807, 2.05) is 7.05 Å². The molecule has 2 N–H and O–H groups in total. The monoisotopic (exact) mass is 205 g/mol. The standard InChI is InChI=1S/C7H12ClN3S/c1-9-2-3-10-4-6-5-11-7(8)12-6/h5,9-10H,2-4H2,1H3. The Morgan fingerprint density at radius 3 is 3.00 bits per heavy atom. The van der Waals surface area contributed by atoms with Gasteiger partial charge in [-0.3, -0.25) is 0 Å². The van der Waals surface area contributed by atoms with Crippen molar-refractivity contribution in [2.45, 2.75) is 6.54 Å². The van der Waals surface area contributed by atoms with Gasteiger partial charge in [0.05, 0.1) is 0 Å². The number of aromatic nitrogens is 1. The number of nitrogens with one attached hydrogen (secondary N) is 2. The molecule has 0 saturated carbocycles. The van der Waals surface area contributed by atoms with Crippen LogP contribution in [0, 0.1) is 0 Å². The normalized spacial score (nSPS) is 10.5. The summed E-state index contributed by atoms with van der Waals surface area (Å²) >= 11 is 7.18. The molecule has 68 valence electrons. The van der Waals surface area contributed by atoms with Crippen LogP contribution in [0.15, 0.2) is 6.20 Å². The highest BCUT2D eigenvalue weighted by atomic mass is 35.5. The molecule has 1 heterocycles. The Hall–Kier alpha value is -0.160. The average molecular weight is 206 g/mol. The molecule has 0 radical (unpaired) electrons. The molecule has 1 aromatic rings. The third kappa shape index (κ3) is 3.49. The van der Waals surface area contributed by atoms with Gasteiger partial charge in [0.2, 0.25) is 0 Å². The van der Waals surface area contributed by atoms with E-state index >= 15 is 0 Å². The second-order valence-corrected chi connectivity index (χ2v) is 4.06. The van der Waals surface area contributed by atoms with Crippen molar-refractivity contribution in [3.63, 3.8) is 0 Å². The van der Waals surface area contributed by atoms with Crippen LogP contribution < -0.4 is 10.6 Å². The van der Waals surface area contributed by atoms with Crippen LogP contribution in [0.5, 0.6) is 0 Å². The molecule has 0 unspecified atom stereocenters. The Bertz CT molecular complexity index is 226. The van der Waals surface area contributed by atoms with Gasteiger partial charge in [-0.05, 0) is 7.05 Å². The summed E-state index contributed by atoms with van der Waals surface area (Å²) < 4.78 is 0.611. The zero-order valence-corrected chi connectivity index (χ0v) is 8.50. The number of thiazole rings is 1. The molecule has 0 aromatic carbocycles. The lowest BCUT2D eigenvalue weighted by atomic mass is 10.5. The van der Waals surface area contributed by atoms with Crippen molar-refractivity contribution in [3.8, 4) is 0 Å². The van der Waals surface area contributed by atoms with Crippen LogP contribution in [0.1, 0.15) is 4.88 Å². The lowest BCUT2D eigenvalue weighted by molar-refractivity contribution is 0.655. The van der Waals surface area contributed by atoms with Crippen LogP contribution in [0.3, 0.4) is 0 Å². The SMILES string of the molecule is CNCCNCc1cnc(Cl)s1. The van der Waals surface area contributed by atoms with E-state index in [0.29, 0.717) is 4.47 Å². The second kappa shape index (κ2) is 5.48. The Morgan fingerprint density at radius 1 is 1.58 bits per heavy atom. The molecule has 0 saturated heterocycles. The Labute approximate surface area is 81.2 Å². The van der Waals surface area contributed by atoms with Gasteiger partial charge in [0, 0.05) is 30.7 Å². The highest BCUT2D eigenvalue weighted by Crippen LogP contribution is 2.16. The van der Waals surface area contributed by atoms with Crippen LogP contribution in [-0.2, 0) is 6.54 Å². The molecule has 0 aliphatic rings. The molecule has 0 atom stereocenters. The van der Waals surface area contributed by atoms with Crippen molar-refractivity contribution in [2.24, 2.45) is 0 Å². The summed E-state index contributed by atoms with van der Waals surface area (Å²) in [7, 11) is 1.94. The van der Waals surface area contributed by atoms with Gasteiger partial charge < -0.3 is 10.6 Å². The van der Waals surface area contributed by atoms with Gasteiger partial charge in [-0.15, -0.1) is 11.3 Å². The quantitative estimate of drug-likeness (QED) is 0.708. The summed E-state index contributed by atoms with van der Waals surface area (Å²) in [6.07, 6.45) is 1.80. The van der Waals surface area contributed by atoms with Gasteiger partial charge in [-0.1, -0.05) is 11.6 Å².